The van der Waals surface area contributed by atoms with Crippen LogP contribution in [-0.4, -0.2) is 25.3 Å². The molecular formula is C10H10BrFO4. The molecule has 1 aromatic carbocycles. The third kappa shape index (κ3) is 2.44. The average Bonchev–Trinajstić information content (AvgIpc) is 2.23. The quantitative estimate of drug-likeness (QED) is 0.925. The molecule has 1 rings (SSSR count). The average molecular weight is 293 g/mol. The first-order valence-corrected chi connectivity index (χ1v) is 5.11. The molecule has 1 aromatic rings. The Labute approximate surface area is 100 Å². The summed E-state index contributed by atoms with van der Waals surface area (Å²) in [7, 11) is 2.73. The van der Waals surface area contributed by atoms with Crippen LogP contribution in [0.25, 0.3) is 0 Å². The molecule has 0 aliphatic rings. The summed E-state index contributed by atoms with van der Waals surface area (Å²) in [6, 6.07) is 1.13. The SMILES string of the molecule is COc1cc(F)c(Br)c(CC(=O)O)c1OC. The van der Waals surface area contributed by atoms with Gasteiger partial charge in [0.2, 0.25) is 0 Å². The zero-order chi connectivity index (χ0) is 12.3. The van der Waals surface area contributed by atoms with Crippen LogP contribution in [-0.2, 0) is 11.2 Å². The van der Waals surface area contributed by atoms with E-state index in [1.807, 2.05) is 0 Å². The number of halogens is 2. The van der Waals surface area contributed by atoms with Crippen molar-refractivity contribution in [1.29, 1.82) is 0 Å². The zero-order valence-corrected chi connectivity index (χ0v) is 10.3. The third-order valence-electron chi connectivity index (χ3n) is 1.98. The number of carboxylic acid groups (broad SMARTS) is 1. The summed E-state index contributed by atoms with van der Waals surface area (Å²) >= 11 is 2.99. The van der Waals surface area contributed by atoms with Gasteiger partial charge in [0, 0.05) is 11.6 Å². The van der Waals surface area contributed by atoms with E-state index in [-0.39, 0.29) is 28.0 Å². The first-order valence-electron chi connectivity index (χ1n) is 4.31. The fraction of sp³-hybridized carbons (Fsp3) is 0.300. The van der Waals surface area contributed by atoms with Crippen molar-refractivity contribution in [3.63, 3.8) is 0 Å². The van der Waals surface area contributed by atoms with Crippen LogP contribution in [0.5, 0.6) is 11.5 Å². The third-order valence-corrected chi connectivity index (χ3v) is 2.84. The number of benzene rings is 1. The number of carboxylic acids is 1. The lowest BCUT2D eigenvalue weighted by atomic mass is 10.1. The Bertz CT molecular complexity index is 420. The van der Waals surface area contributed by atoms with Gasteiger partial charge in [-0.3, -0.25) is 4.79 Å². The van der Waals surface area contributed by atoms with Crippen LogP contribution in [0.4, 0.5) is 4.39 Å². The van der Waals surface area contributed by atoms with E-state index in [4.69, 9.17) is 14.6 Å². The minimum Gasteiger partial charge on any atom is -0.493 e. The van der Waals surface area contributed by atoms with E-state index < -0.39 is 11.8 Å². The normalized spacial score (nSPS) is 10.0. The lowest BCUT2D eigenvalue weighted by Crippen LogP contribution is -2.06. The molecule has 0 amide bonds. The minimum atomic E-state index is -1.08. The fourth-order valence-electron chi connectivity index (χ4n) is 1.32. The van der Waals surface area contributed by atoms with E-state index in [1.54, 1.807) is 0 Å². The van der Waals surface area contributed by atoms with E-state index in [9.17, 15) is 9.18 Å². The van der Waals surface area contributed by atoms with Gasteiger partial charge in [0.05, 0.1) is 25.1 Å². The summed E-state index contributed by atoms with van der Waals surface area (Å²) < 4.78 is 23.4. The van der Waals surface area contributed by atoms with E-state index in [1.165, 1.54) is 14.2 Å². The Kier molecular flexibility index (Phi) is 4.12. The molecule has 88 valence electrons. The molecule has 0 aliphatic heterocycles. The Hall–Kier alpha value is -1.30. The standard InChI is InChI=1S/C10H10BrFO4/c1-15-7-4-6(12)9(11)5(3-8(13)14)10(7)16-2/h4H,3H2,1-2H3,(H,13,14). The summed E-state index contributed by atoms with van der Waals surface area (Å²) in [4.78, 5) is 10.7. The number of hydrogen-bond donors (Lipinski definition) is 1. The van der Waals surface area contributed by atoms with Gasteiger partial charge in [0.1, 0.15) is 5.82 Å². The molecule has 0 bridgehead atoms. The van der Waals surface area contributed by atoms with E-state index >= 15 is 0 Å². The molecule has 0 saturated heterocycles. The molecule has 0 aliphatic carbocycles. The van der Waals surface area contributed by atoms with Gasteiger partial charge >= 0.3 is 5.97 Å². The second-order valence-corrected chi connectivity index (χ2v) is 3.75. The van der Waals surface area contributed by atoms with Crippen LogP contribution in [0.15, 0.2) is 10.5 Å². The van der Waals surface area contributed by atoms with Gasteiger partial charge in [-0.2, -0.15) is 0 Å². The first-order chi connectivity index (χ1) is 7.51. The molecule has 0 saturated carbocycles. The van der Waals surface area contributed by atoms with Gasteiger partial charge in [-0.05, 0) is 15.9 Å². The number of ether oxygens (including phenoxy) is 2. The highest BCUT2D eigenvalue weighted by atomic mass is 79.9. The van der Waals surface area contributed by atoms with Crippen LogP contribution in [0, 0.1) is 5.82 Å². The summed E-state index contributed by atoms with van der Waals surface area (Å²) in [6.07, 6.45) is -0.349. The highest BCUT2D eigenvalue weighted by Crippen LogP contribution is 2.38. The van der Waals surface area contributed by atoms with Gasteiger partial charge in [0.25, 0.3) is 0 Å². The van der Waals surface area contributed by atoms with Crippen LogP contribution in [0.2, 0.25) is 0 Å². The van der Waals surface area contributed by atoms with Crippen LogP contribution in [0.3, 0.4) is 0 Å². The van der Waals surface area contributed by atoms with Gasteiger partial charge in [-0.15, -0.1) is 0 Å². The summed E-state index contributed by atoms with van der Waals surface area (Å²) in [5.74, 6) is -1.28. The lowest BCUT2D eigenvalue weighted by molar-refractivity contribution is -0.136. The smallest absolute Gasteiger partial charge is 0.308 e. The molecule has 16 heavy (non-hydrogen) atoms. The van der Waals surface area contributed by atoms with Crippen molar-refractivity contribution in [1.82, 2.24) is 0 Å². The molecule has 1 N–H and O–H groups in total. The van der Waals surface area contributed by atoms with Crippen molar-refractivity contribution in [2.24, 2.45) is 0 Å². The Morgan fingerprint density at radius 1 is 1.50 bits per heavy atom. The molecule has 0 atom stereocenters. The summed E-state index contributed by atoms with van der Waals surface area (Å²) in [5, 5.41) is 8.73. The van der Waals surface area contributed by atoms with Crippen molar-refractivity contribution in [3.05, 3.63) is 21.9 Å². The molecule has 0 radical (unpaired) electrons. The van der Waals surface area contributed by atoms with E-state index in [0.717, 1.165) is 6.07 Å². The number of hydrogen-bond acceptors (Lipinski definition) is 3. The van der Waals surface area contributed by atoms with Crippen LogP contribution >= 0.6 is 15.9 Å². The zero-order valence-electron chi connectivity index (χ0n) is 8.71. The van der Waals surface area contributed by atoms with E-state index in [2.05, 4.69) is 15.9 Å². The predicted octanol–water partition coefficient (Wildman–Crippen LogP) is 2.23. The number of methoxy groups -OCH3 is 2. The molecule has 0 heterocycles. The Morgan fingerprint density at radius 2 is 2.12 bits per heavy atom. The predicted molar refractivity (Wildman–Crippen MR) is 58.5 cm³/mol. The molecule has 0 aromatic heterocycles. The monoisotopic (exact) mass is 292 g/mol. The Morgan fingerprint density at radius 3 is 2.56 bits per heavy atom. The molecule has 0 fully saturated rings. The van der Waals surface area contributed by atoms with Crippen molar-refractivity contribution in [2.45, 2.75) is 6.42 Å². The molecule has 0 spiro atoms. The highest BCUT2D eigenvalue weighted by molar-refractivity contribution is 9.10. The maximum absolute atomic E-state index is 13.4. The first kappa shape index (κ1) is 12.8. The fourth-order valence-corrected chi connectivity index (χ4v) is 1.76. The number of carbonyl (C=O) groups is 1. The van der Waals surface area contributed by atoms with Gasteiger partial charge in [-0.1, -0.05) is 0 Å². The summed E-state index contributed by atoms with van der Waals surface area (Å²) in [6.45, 7) is 0. The molecule has 0 unspecified atom stereocenters. The molecule has 4 nitrogen and oxygen atoms in total. The second kappa shape index (κ2) is 5.16. The Balaban J connectivity index is 3.40. The van der Waals surface area contributed by atoms with Crippen molar-refractivity contribution >= 4 is 21.9 Å². The number of rotatable bonds is 4. The van der Waals surface area contributed by atoms with Crippen LogP contribution in [0.1, 0.15) is 5.56 Å². The van der Waals surface area contributed by atoms with Gasteiger partial charge in [0.15, 0.2) is 11.5 Å². The van der Waals surface area contributed by atoms with Crippen molar-refractivity contribution in [2.75, 3.05) is 14.2 Å². The lowest BCUT2D eigenvalue weighted by Gasteiger charge is -2.13. The molecule has 6 heteroatoms. The summed E-state index contributed by atoms with van der Waals surface area (Å²) in [5.41, 5.74) is 0.215. The topological polar surface area (TPSA) is 55.8 Å². The van der Waals surface area contributed by atoms with Gasteiger partial charge in [-0.25, -0.2) is 4.39 Å². The minimum absolute atomic E-state index is 0.0764. The van der Waals surface area contributed by atoms with Crippen molar-refractivity contribution < 1.29 is 23.8 Å². The van der Waals surface area contributed by atoms with Crippen LogP contribution < -0.4 is 9.47 Å². The largest absolute Gasteiger partial charge is 0.493 e. The maximum Gasteiger partial charge on any atom is 0.308 e. The van der Waals surface area contributed by atoms with Crippen molar-refractivity contribution in [3.8, 4) is 11.5 Å². The van der Waals surface area contributed by atoms with Gasteiger partial charge < -0.3 is 14.6 Å². The second-order valence-electron chi connectivity index (χ2n) is 2.96. The maximum atomic E-state index is 13.4. The van der Waals surface area contributed by atoms with E-state index in [0.29, 0.717) is 0 Å². The highest BCUT2D eigenvalue weighted by Gasteiger charge is 2.20. The molecular weight excluding hydrogens is 283 g/mol. The number of aliphatic carboxylic acids is 1.